The van der Waals surface area contributed by atoms with E-state index in [0.717, 1.165) is 42.7 Å². The number of carbonyl (C=O) groups is 1. The van der Waals surface area contributed by atoms with Gasteiger partial charge in [0, 0.05) is 18.8 Å². The fraction of sp³-hybridized carbons (Fsp3) is 0.588. The Balaban J connectivity index is 2.25. The van der Waals surface area contributed by atoms with Gasteiger partial charge in [-0.25, -0.2) is 4.79 Å². The van der Waals surface area contributed by atoms with Crippen LogP contribution in [-0.2, 0) is 16.8 Å². The average molecular weight is 306 g/mol. The Bertz CT molecular complexity index is 529. The van der Waals surface area contributed by atoms with Crippen LogP contribution in [0.1, 0.15) is 44.7 Å². The van der Waals surface area contributed by atoms with Crippen molar-refractivity contribution in [1.82, 2.24) is 0 Å². The topological polar surface area (TPSA) is 75.8 Å². The van der Waals surface area contributed by atoms with Crippen molar-refractivity contribution in [3.05, 3.63) is 29.3 Å². The lowest BCUT2D eigenvalue weighted by Crippen LogP contribution is -2.36. The predicted octanol–water partition coefficient (Wildman–Crippen LogP) is 2.54. The Labute approximate surface area is 132 Å². The number of hydrogen-bond donors (Lipinski definition) is 2. The van der Waals surface area contributed by atoms with Gasteiger partial charge in [-0.05, 0) is 41.5 Å². The summed E-state index contributed by atoms with van der Waals surface area (Å²) < 4.78 is 4.96. The molecule has 1 aromatic rings. The van der Waals surface area contributed by atoms with Crippen molar-refractivity contribution in [3.8, 4) is 0 Å². The zero-order chi connectivity index (χ0) is 16.3. The Morgan fingerprint density at radius 1 is 1.36 bits per heavy atom. The highest BCUT2D eigenvalue weighted by molar-refractivity contribution is 5.64. The van der Waals surface area contributed by atoms with Crippen molar-refractivity contribution < 1.29 is 14.6 Å². The number of ether oxygens (including phenoxy) is 1. The lowest BCUT2D eigenvalue weighted by atomic mass is 9.83. The number of rotatable bonds is 3. The lowest BCUT2D eigenvalue weighted by molar-refractivity contribution is 0.145. The van der Waals surface area contributed by atoms with Gasteiger partial charge in [0.05, 0.1) is 6.10 Å². The molecule has 0 bridgehead atoms. The number of benzene rings is 1. The molecule has 5 heteroatoms. The number of aliphatic hydroxyl groups is 1. The molecule has 0 radical (unpaired) electrons. The van der Waals surface area contributed by atoms with Crippen molar-refractivity contribution in [2.24, 2.45) is 5.73 Å². The van der Waals surface area contributed by atoms with Crippen LogP contribution < -0.4 is 10.6 Å². The zero-order valence-electron chi connectivity index (χ0n) is 13.6. The van der Waals surface area contributed by atoms with Crippen LogP contribution in [0.15, 0.2) is 18.2 Å². The second-order valence-electron chi connectivity index (χ2n) is 6.92. The molecule has 0 unspecified atom stereocenters. The number of primary amides is 1. The van der Waals surface area contributed by atoms with Crippen molar-refractivity contribution in [2.45, 2.75) is 51.7 Å². The maximum atomic E-state index is 10.8. The summed E-state index contributed by atoms with van der Waals surface area (Å²) in [5.74, 6) is 0. The highest BCUT2D eigenvalue weighted by Crippen LogP contribution is 2.31. The molecule has 3 N–H and O–H groups in total. The number of aliphatic hydroxyl groups excluding tert-OH is 1. The molecule has 1 heterocycles. The number of nitrogens with two attached hydrogens (primary N) is 1. The van der Waals surface area contributed by atoms with E-state index in [1.54, 1.807) is 0 Å². The van der Waals surface area contributed by atoms with E-state index in [2.05, 4.69) is 31.7 Å². The number of nitrogens with zero attached hydrogens (tertiary/aromatic N) is 1. The van der Waals surface area contributed by atoms with E-state index in [-0.39, 0.29) is 18.1 Å². The van der Waals surface area contributed by atoms with Gasteiger partial charge >= 0.3 is 6.09 Å². The van der Waals surface area contributed by atoms with E-state index < -0.39 is 6.09 Å². The fourth-order valence-electron chi connectivity index (χ4n) is 2.86. The lowest BCUT2D eigenvalue weighted by Gasteiger charge is -2.33. The van der Waals surface area contributed by atoms with Gasteiger partial charge in [0.25, 0.3) is 0 Å². The maximum Gasteiger partial charge on any atom is 0.404 e. The normalized spacial score (nSPS) is 16.6. The summed E-state index contributed by atoms with van der Waals surface area (Å²) in [5, 5.41) is 9.64. The predicted molar refractivity (Wildman–Crippen MR) is 87.0 cm³/mol. The van der Waals surface area contributed by atoms with Crippen LogP contribution in [0.2, 0.25) is 0 Å². The number of anilines is 1. The van der Waals surface area contributed by atoms with E-state index in [9.17, 15) is 9.90 Å². The Kier molecular flexibility index (Phi) is 4.96. The van der Waals surface area contributed by atoms with Crippen LogP contribution in [0.3, 0.4) is 0 Å². The second-order valence-corrected chi connectivity index (χ2v) is 6.92. The summed E-state index contributed by atoms with van der Waals surface area (Å²) >= 11 is 0. The molecule has 0 saturated carbocycles. The molecular formula is C17H26N2O3. The van der Waals surface area contributed by atoms with E-state index in [1.807, 2.05) is 12.1 Å². The van der Waals surface area contributed by atoms with Gasteiger partial charge in [0.1, 0.15) is 6.61 Å². The number of piperidine rings is 1. The molecule has 1 aliphatic heterocycles. The van der Waals surface area contributed by atoms with Gasteiger partial charge in [0.2, 0.25) is 0 Å². The van der Waals surface area contributed by atoms with Crippen molar-refractivity contribution >= 4 is 11.8 Å². The van der Waals surface area contributed by atoms with Gasteiger partial charge in [-0.15, -0.1) is 0 Å². The molecule has 0 aromatic heterocycles. The summed E-state index contributed by atoms with van der Waals surface area (Å²) in [5.41, 5.74) is 8.29. The highest BCUT2D eigenvalue weighted by Gasteiger charge is 2.22. The Hall–Kier alpha value is -1.75. The van der Waals surface area contributed by atoms with Crippen molar-refractivity contribution in [3.63, 3.8) is 0 Å². The van der Waals surface area contributed by atoms with E-state index in [4.69, 9.17) is 10.5 Å². The highest BCUT2D eigenvalue weighted by atomic mass is 16.5. The summed E-state index contributed by atoms with van der Waals surface area (Å²) in [6, 6.07) is 6.22. The van der Waals surface area contributed by atoms with E-state index >= 15 is 0 Å². The zero-order valence-corrected chi connectivity index (χ0v) is 13.6. The molecule has 1 amide bonds. The molecule has 0 atom stereocenters. The third-order valence-electron chi connectivity index (χ3n) is 4.10. The minimum absolute atomic E-state index is 0.0539. The molecular weight excluding hydrogens is 280 g/mol. The molecule has 1 aromatic carbocycles. The molecule has 5 nitrogen and oxygen atoms in total. The van der Waals surface area contributed by atoms with Crippen LogP contribution >= 0.6 is 0 Å². The van der Waals surface area contributed by atoms with Gasteiger partial charge in [0.15, 0.2) is 0 Å². The first-order valence-electron chi connectivity index (χ1n) is 7.76. The first kappa shape index (κ1) is 16.6. The quantitative estimate of drug-likeness (QED) is 0.900. The second kappa shape index (κ2) is 6.57. The largest absolute Gasteiger partial charge is 0.445 e. The molecule has 2 rings (SSSR count). The Morgan fingerprint density at radius 2 is 2.00 bits per heavy atom. The van der Waals surface area contributed by atoms with Gasteiger partial charge in [-0.3, -0.25) is 0 Å². The molecule has 1 fully saturated rings. The van der Waals surface area contributed by atoms with Gasteiger partial charge < -0.3 is 20.5 Å². The maximum absolute atomic E-state index is 10.8. The van der Waals surface area contributed by atoms with Gasteiger partial charge in [-0.2, -0.15) is 0 Å². The van der Waals surface area contributed by atoms with Crippen LogP contribution in [0.5, 0.6) is 0 Å². The molecule has 0 spiro atoms. The minimum Gasteiger partial charge on any atom is -0.445 e. The SMILES string of the molecule is CC(C)(C)c1cc(N2CCC(O)CC2)ccc1COC(N)=O. The van der Waals surface area contributed by atoms with Crippen molar-refractivity contribution in [2.75, 3.05) is 18.0 Å². The minimum atomic E-state index is -0.756. The summed E-state index contributed by atoms with van der Waals surface area (Å²) in [6.45, 7) is 8.34. The third kappa shape index (κ3) is 4.13. The van der Waals surface area contributed by atoms with Gasteiger partial charge in [-0.1, -0.05) is 26.8 Å². The average Bonchev–Trinajstić information content (AvgIpc) is 2.45. The van der Waals surface area contributed by atoms with Crippen LogP contribution in [0, 0.1) is 0 Å². The van der Waals surface area contributed by atoms with E-state index in [0.29, 0.717) is 0 Å². The van der Waals surface area contributed by atoms with E-state index in [1.165, 1.54) is 0 Å². The van der Waals surface area contributed by atoms with Crippen LogP contribution in [0.25, 0.3) is 0 Å². The standard InChI is InChI=1S/C17H26N2O3/c1-17(2,3)15-10-13(19-8-6-14(20)7-9-19)5-4-12(15)11-22-16(18)21/h4-5,10,14,20H,6-9,11H2,1-3H3,(H2,18,21). The monoisotopic (exact) mass is 306 g/mol. The third-order valence-corrected chi connectivity index (χ3v) is 4.10. The number of hydrogen-bond acceptors (Lipinski definition) is 4. The van der Waals surface area contributed by atoms with Crippen molar-refractivity contribution in [1.29, 1.82) is 0 Å². The molecule has 22 heavy (non-hydrogen) atoms. The fourth-order valence-corrected chi connectivity index (χ4v) is 2.86. The molecule has 0 aliphatic carbocycles. The number of carbonyl (C=O) groups excluding carboxylic acids is 1. The Morgan fingerprint density at radius 3 is 2.55 bits per heavy atom. The smallest absolute Gasteiger partial charge is 0.404 e. The first-order chi connectivity index (χ1) is 10.3. The number of amides is 1. The molecule has 1 saturated heterocycles. The first-order valence-corrected chi connectivity index (χ1v) is 7.76. The molecule has 122 valence electrons. The summed E-state index contributed by atoms with van der Waals surface area (Å²) in [7, 11) is 0. The summed E-state index contributed by atoms with van der Waals surface area (Å²) in [6.07, 6.45) is 0.671. The van der Waals surface area contributed by atoms with Crippen LogP contribution in [-0.4, -0.2) is 30.4 Å². The molecule has 1 aliphatic rings. The van der Waals surface area contributed by atoms with Crippen LogP contribution in [0.4, 0.5) is 10.5 Å². The summed E-state index contributed by atoms with van der Waals surface area (Å²) in [4.78, 5) is 13.1.